The highest BCUT2D eigenvalue weighted by atomic mass is 19.4. The van der Waals surface area contributed by atoms with Crippen molar-refractivity contribution in [3.63, 3.8) is 0 Å². The Kier molecular flexibility index (Phi) is 5.60. The number of halogens is 3. The molecule has 4 nitrogen and oxygen atoms in total. The number of nitrogens with two attached hydrogens (primary N) is 1. The third kappa shape index (κ3) is 5.63. The van der Waals surface area contributed by atoms with Crippen LogP contribution in [-0.4, -0.2) is 24.4 Å². The minimum Gasteiger partial charge on any atom is -0.406 e. The number of carbonyl (C=O) groups excluding carboxylic acids is 1. The molecule has 0 aliphatic heterocycles. The minimum absolute atomic E-state index is 0.249. The van der Waals surface area contributed by atoms with Crippen LogP contribution in [-0.2, 0) is 0 Å². The first kappa shape index (κ1) is 17.3. The van der Waals surface area contributed by atoms with Crippen LogP contribution >= 0.6 is 0 Å². The van der Waals surface area contributed by atoms with E-state index >= 15 is 0 Å². The molecule has 0 spiro atoms. The number of hydrogen-bond donors (Lipinski definition) is 2. The summed E-state index contributed by atoms with van der Waals surface area (Å²) in [6.07, 6.45) is -3.32. The van der Waals surface area contributed by atoms with Crippen LogP contribution in [0, 0.1) is 0 Å². The zero-order valence-corrected chi connectivity index (χ0v) is 12.0. The third-order valence-electron chi connectivity index (χ3n) is 3.36. The molecule has 0 saturated heterocycles. The van der Waals surface area contributed by atoms with Gasteiger partial charge in [0.05, 0.1) is 0 Å². The molecule has 1 aromatic rings. The standard InChI is InChI=1S/C14H19F3N2O2/c1-3-13(18,4-2)9-19-12(20)10-5-7-11(8-6-10)21-14(15,16)17/h5-8H,3-4,9,18H2,1-2H3,(H,19,20). The quantitative estimate of drug-likeness (QED) is 0.849. The van der Waals surface area contributed by atoms with E-state index in [0.717, 1.165) is 12.1 Å². The summed E-state index contributed by atoms with van der Waals surface area (Å²) in [5.74, 6) is -0.750. The van der Waals surface area contributed by atoms with E-state index in [2.05, 4.69) is 10.1 Å². The van der Waals surface area contributed by atoms with Crippen LogP contribution in [0.25, 0.3) is 0 Å². The van der Waals surface area contributed by atoms with Crippen molar-refractivity contribution < 1.29 is 22.7 Å². The topological polar surface area (TPSA) is 64.3 Å². The normalized spacial score (nSPS) is 12.1. The Morgan fingerprint density at radius 1 is 1.19 bits per heavy atom. The summed E-state index contributed by atoms with van der Waals surface area (Å²) in [6, 6.07) is 4.73. The SMILES string of the molecule is CCC(N)(CC)CNC(=O)c1ccc(OC(F)(F)F)cc1. The van der Waals surface area contributed by atoms with Gasteiger partial charge in [-0.3, -0.25) is 4.79 Å². The van der Waals surface area contributed by atoms with E-state index in [4.69, 9.17) is 5.73 Å². The summed E-state index contributed by atoms with van der Waals surface area (Å²) >= 11 is 0. The molecule has 0 aliphatic carbocycles. The maximum Gasteiger partial charge on any atom is 0.573 e. The summed E-state index contributed by atoms with van der Waals surface area (Å²) in [5, 5.41) is 2.68. The minimum atomic E-state index is -4.74. The van der Waals surface area contributed by atoms with Crippen molar-refractivity contribution in [2.45, 2.75) is 38.6 Å². The van der Waals surface area contributed by atoms with Crippen LogP contribution in [0.3, 0.4) is 0 Å². The lowest BCUT2D eigenvalue weighted by atomic mass is 9.94. The van der Waals surface area contributed by atoms with E-state index in [0.29, 0.717) is 19.4 Å². The van der Waals surface area contributed by atoms with Crippen LogP contribution in [0.1, 0.15) is 37.0 Å². The molecule has 0 atom stereocenters. The maximum atomic E-state index is 12.0. The summed E-state index contributed by atoms with van der Waals surface area (Å²) < 4.78 is 39.8. The highest BCUT2D eigenvalue weighted by Crippen LogP contribution is 2.22. The van der Waals surface area contributed by atoms with E-state index in [9.17, 15) is 18.0 Å². The van der Waals surface area contributed by atoms with Gasteiger partial charge in [-0.15, -0.1) is 13.2 Å². The average molecular weight is 304 g/mol. The first-order chi connectivity index (χ1) is 9.69. The van der Waals surface area contributed by atoms with Crippen molar-refractivity contribution in [3.05, 3.63) is 29.8 Å². The molecule has 1 amide bonds. The van der Waals surface area contributed by atoms with Gasteiger partial charge in [-0.05, 0) is 37.1 Å². The summed E-state index contributed by atoms with van der Waals surface area (Å²) in [4.78, 5) is 11.9. The van der Waals surface area contributed by atoms with Gasteiger partial charge in [0.2, 0.25) is 0 Å². The molecule has 0 heterocycles. The molecule has 21 heavy (non-hydrogen) atoms. The number of ether oxygens (including phenoxy) is 1. The van der Waals surface area contributed by atoms with E-state index in [1.807, 2.05) is 13.8 Å². The Morgan fingerprint density at radius 2 is 1.71 bits per heavy atom. The Hall–Kier alpha value is -1.76. The van der Waals surface area contributed by atoms with Gasteiger partial charge in [0.25, 0.3) is 5.91 Å². The smallest absolute Gasteiger partial charge is 0.406 e. The summed E-state index contributed by atoms with van der Waals surface area (Å²) in [6.45, 7) is 4.16. The van der Waals surface area contributed by atoms with Crippen molar-refractivity contribution in [1.82, 2.24) is 5.32 Å². The molecule has 0 fully saturated rings. The molecule has 1 rings (SSSR count). The van der Waals surface area contributed by atoms with Crippen LogP contribution in [0.4, 0.5) is 13.2 Å². The fourth-order valence-corrected chi connectivity index (χ4v) is 1.67. The average Bonchev–Trinajstić information content (AvgIpc) is 2.43. The van der Waals surface area contributed by atoms with Crippen molar-refractivity contribution in [1.29, 1.82) is 0 Å². The molecule has 0 aliphatic rings. The zero-order valence-electron chi connectivity index (χ0n) is 12.0. The number of hydrogen-bond acceptors (Lipinski definition) is 3. The van der Waals surface area contributed by atoms with Gasteiger partial charge >= 0.3 is 6.36 Å². The second-order valence-electron chi connectivity index (χ2n) is 4.82. The lowest BCUT2D eigenvalue weighted by Crippen LogP contribution is -2.49. The highest BCUT2D eigenvalue weighted by Gasteiger charge is 2.31. The van der Waals surface area contributed by atoms with E-state index < -0.39 is 11.9 Å². The van der Waals surface area contributed by atoms with Crippen LogP contribution < -0.4 is 15.8 Å². The monoisotopic (exact) mass is 304 g/mol. The summed E-state index contributed by atoms with van der Waals surface area (Å²) in [7, 11) is 0. The first-order valence-corrected chi connectivity index (χ1v) is 6.62. The van der Waals surface area contributed by atoms with Crippen LogP contribution in [0.15, 0.2) is 24.3 Å². The molecular formula is C14H19F3N2O2. The molecule has 0 saturated carbocycles. The number of alkyl halides is 3. The fourth-order valence-electron chi connectivity index (χ4n) is 1.67. The van der Waals surface area contributed by atoms with Gasteiger partial charge in [0.1, 0.15) is 5.75 Å². The van der Waals surface area contributed by atoms with Crippen molar-refractivity contribution in [3.8, 4) is 5.75 Å². The van der Waals surface area contributed by atoms with E-state index in [1.54, 1.807) is 0 Å². The maximum absolute atomic E-state index is 12.0. The number of rotatable bonds is 6. The largest absolute Gasteiger partial charge is 0.573 e. The van der Waals surface area contributed by atoms with Crippen LogP contribution in [0.5, 0.6) is 5.75 Å². The van der Waals surface area contributed by atoms with E-state index in [-0.39, 0.29) is 17.2 Å². The molecule has 0 unspecified atom stereocenters. The summed E-state index contributed by atoms with van der Waals surface area (Å²) in [5.41, 5.74) is 5.83. The highest BCUT2D eigenvalue weighted by molar-refractivity contribution is 5.94. The predicted molar refractivity (Wildman–Crippen MR) is 73.0 cm³/mol. The first-order valence-electron chi connectivity index (χ1n) is 6.62. The fraction of sp³-hybridized carbons (Fsp3) is 0.500. The van der Waals surface area contributed by atoms with E-state index in [1.165, 1.54) is 12.1 Å². The van der Waals surface area contributed by atoms with Gasteiger partial charge in [-0.1, -0.05) is 13.8 Å². The Balaban J connectivity index is 2.63. The number of amides is 1. The molecule has 7 heteroatoms. The lowest BCUT2D eigenvalue weighted by molar-refractivity contribution is -0.274. The number of nitrogens with one attached hydrogen (secondary N) is 1. The predicted octanol–water partition coefficient (Wildman–Crippen LogP) is 2.83. The van der Waals surface area contributed by atoms with Gasteiger partial charge in [-0.2, -0.15) is 0 Å². The van der Waals surface area contributed by atoms with Crippen molar-refractivity contribution >= 4 is 5.91 Å². The third-order valence-corrected chi connectivity index (χ3v) is 3.36. The van der Waals surface area contributed by atoms with Gasteiger partial charge in [-0.25, -0.2) is 0 Å². The molecule has 0 aromatic heterocycles. The number of benzene rings is 1. The van der Waals surface area contributed by atoms with Gasteiger partial charge < -0.3 is 15.8 Å². The molecule has 118 valence electrons. The molecule has 3 N–H and O–H groups in total. The number of carbonyl (C=O) groups is 1. The lowest BCUT2D eigenvalue weighted by Gasteiger charge is -2.26. The molecule has 1 aromatic carbocycles. The molecule has 0 radical (unpaired) electrons. The molecule has 0 bridgehead atoms. The zero-order chi connectivity index (χ0) is 16.1. The van der Waals surface area contributed by atoms with Gasteiger partial charge in [0, 0.05) is 17.6 Å². The van der Waals surface area contributed by atoms with Gasteiger partial charge in [0.15, 0.2) is 0 Å². The van der Waals surface area contributed by atoms with Crippen molar-refractivity contribution in [2.75, 3.05) is 6.54 Å². The Labute approximate surface area is 121 Å². The Bertz CT molecular complexity index is 468. The van der Waals surface area contributed by atoms with Crippen molar-refractivity contribution in [2.24, 2.45) is 5.73 Å². The second-order valence-corrected chi connectivity index (χ2v) is 4.82. The second kappa shape index (κ2) is 6.80. The Morgan fingerprint density at radius 3 is 2.14 bits per heavy atom. The van der Waals surface area contributed by atoms with Crippen LogP contribution in [0.2, 0.25) is 0 Å². The molecular weight excluding hydrogens is 285 g/mol.